The Morgan fingerprint density at radius 3 is 2.84 bits per heavy atom. The molecule has 0 bridgehead atoms. The normalized spacial score (nSPS) is 16.7. The molecule has 102 valence electrons. The molecular formula is C14H20N4O. The zero-order chi connectivity index (χ0) is 13.4. The lowest BCUT2D eigenvalue weighted by Crippen LogP contribution is -2.24. The quantitative estimate of drug-likeness (QED) is 0.827. The Bertz CT molecular complexity index is 617. The Morgan fingerprint density at radius 1 is 1.37 bits per heavy atom. The molecule has 0 amide bonds. The van der Waals surface area contributed by atoms with E-state index < -0.39 is 0 Å². The highest BCUT2D eigenvalue weighted by atomic mass is 16.1. The van der Waals surface area contributed by atoms with Gasteiger partial charge >= 0.3 is 5.69 Å². The Labute approximate surface area is 112 Å². The maximum absolute atomic E-state index is 12.1. The first-order valence-electron chi connectivity index (χ1n) is 7.00. The highest BCUT2D eigenvalue weighted by Crippen LogP contribution is 2.33. The molecule has 1 fully saturated rings. The van der Waals surface area contributed by atoms with E-state index in [0.29, 0.717) is 18.6 Å². The summed E-state index contributed by atoms with van der Waals surface area (Å²) in [5.74, 6) is 0. The fraction of sp³-hybridized carbons (Fsp3) is 0.571. The molecule has 1 atom stereocenters. The molecule has 2 aromatic heterocycles. The number of imidazole rings is 1. The van der Waals surface area contributed by atoms with E-state index in [1.54, 1.807) is 4.57 Å². The molecule has 2 aromatic rings. The molecule has 5 heteroatoms. The van der Waals surface area contributed by atoms with Crippen molar-refractivity contribution < 1.29 is 0 Å². The highest BCUT2D eigenvalue weighted by molar-refractivity contribution is 5.02. The Kier molecular flexibility index (Phi) is 3.05. The summed E-state index contributed by atoms with van der Waals surface area (Å²) >= 11 is 0. The van der Waals surface area contributed by atoms with E-state index in [2.05, 4.69) is 18.9 Å². The van der Waals surface area contributed by atoms with Gasteiger partial charge in [0.1, 0.15) is 0 Å². The standard InChI is InChI=1S/C14H20N4O/c1-3-11(2)18-7-6-12(15-18)10-16-8-9-17(14(16)19)13-4-5-13/h6-9,11,13H,3-5,10H2,1-2H3. The molecular weight excluding hydrogens is 240 g/mol. The average Bonchev–Trinajstić information content (AvgIpc) is 3.04. The molecule has 0 spiro atoms. The summed E-state index contributed by atoms with van der Waals surface area (Å²) in [6.07, 6.45) is 9.07. The molecule has 1 saturated carbocycles. The lowest BCUT2D eigenvalue weighted by molar-refractivity contribution is 0.471. The largest absolute Gasteiger partial charge is 0.328 e. The molecule has 2 heterocycles. The van der Waals surface area contributed by atoms with Crippen LogP contribution in [0.4, 0.5) is 0 Å². The Balaban J connectivity index is 1.77. The van der Waals surface area contributed by atoms with E-state index in [1.165, 1.54) is 0 Å². The molecule has 0 radical (unpaired) electrons. The lowest BCUT2D eigenvalue weighted by atomic mass is 10.3. The van der Waals surface area contributed by atoms with Gasteiger partial charge in [0.2, 0.25) is 0 Å². The van der Waals surface area contributed by atoms with Crippen molar-refractivity contribution in [1.82, 2.24) is 18.9 Å². The number of aromatic nitrogens is 4. The van der Waals surface area contributed by atoms with Gasteiger partial charge in [-0.15, -0.1) is 0 Å². The molecule has 1 unspecified atom stereocenters. The van der Waals surface area contributed by atoms with Crippen LogP contribution in [0.15, 0.2) is 29.5 Å². The average molecular weight is 260 g/mol. The molecule has 5 nitrogen and oxygen atoms in total. The van der Waals surface area contributed by atoms with Gasteiger partial charge in [0, 0.05) is 30.7 Å². The van der Waals surface area contributed by atoms with E-state index in [0.717, 1.165) is 25.0 Å². The van der Waals surface area contributed by atoms with E-state index >= 15 is 0 Å². The smallest absolute Gasteiger partial charge is 0.296 e. The van der Waals surface area contributed by atoms with E-state index in [9.17, 15) is 4.79 Å². The van der Waals surface area contributed by atoms with Crippen molar-refractivity contribution in [3.63, 3.8) is 0 Å². The summed E-state index contributed by atoms with van der Waals surface area (Å²) in [7, 11) is 0. The van der Waals surface area contributed by atoms with Gasteiger partial charge in [-0.1, -0.05) is 6.92 Å². The van der Waals surface area contributed by atoms with Crippen LogP contribution in [0.5, 0.6) is 0 Å². The van der Waals surface area contributed by atoms with Crippen LogP contribution in [0.2, 0.25) is 0 Å². The zero-order valence-electron chi connectivity index (χ0n) is 11.5. The third kappa shape index (κ3) is 2.37. The predicted octanol–water partition coefficient (Wildman–Crippen LogP) is 2.20. The number of nitrogens with zero attached hydrogens (tertiary/aromatic N) is 4. The SMILES string of the molecule is CCC(C)n1ccc(Cn2ccn(C3CC3)c2=O)n1. The Hall–Kier alpha value is -1.78. The Morgan fingerprint density at radius 2 is 2.16 bits per heavy atom. The van der Waals surface area contributed by atoms with Gasteiger partial charge in [-0.3, -0.25) is 13.8 Å². The number of hydrogen-bond acceptors (Lipinski definition) is 2. The van der Waals surface area contributed by atoms with Crippen LogP contribution in [0.3, 0.4) is 0 Å². The van der Waals surface area contributed by atoms with Crippen LogP contribution in [0.1, 0.15) is 50.9 Å². The molecule has 0 aliphatic heterocycles. The maximum Gasteiger partial charge on any atom is 0.328 e. The summed E-state index contributed by atoms with van der Waals surface area (Å²) in [5.41, 5.74) is 1.02. The second-order valence-electron chi connectivity index (χ2n) is 5.39. The molecule has 3 rings (SSSR count). The van der Waals surface area contributed by atoms with Crippen molar-refractivity contribution >= 4 is 0 Å². The lowest BCUT2D eigenvalue weighted by Gasteiger charge is -2.08. The fourth-order valence-electron chi connectivity index (χ4n) is 2.25. The summed E-state index contributed by atoms with van der Waals surface area (Å²) < 4.78 is 5.55. The van der Waals surface area contributed by atoms with Gasteiger partial charge in [0.25, 0.3) is 0 Å². The molecule has 19 heavy (non-hydrogen) atoms. The van der Waals surface area contributed by atoms with Crippen molar-refractivity contribution in [2.45, 2.75) is 51.7 Å². The molecule has 1 aliphatic carbocycles. The van der Waals surface area contributed by atoms with Crippen molar-refractivity contribution in [1.29, 1.82) is 0 Å². The van der Waals surface area contributed by atoms with Crippen molar-refractivity contribution in [2.75, 3.05) is 0 Å². The number of rotatable bonds is 5. The van der Waals surface area contributed by atoms with Crippen LogP contribution >= 0.6 is 0 Å². The molecule has 0 aromatic carbocycles. The maximum atomic E-state index is 12.1. The minimum absolute atomic E-state index is 0.0839. The van der Waals surface area contributed by atoms with Crippen LogP contribution in [-0.2, 0) is 6.54 Å². The van der Waals surface area contributed by atoms with Crippen LogP contribution in [0.25, 0.3) is 0 Å². The van der Waals surface area contributed by atoms with Crippen molar-refractivity contribution in [2.24, 2.45) is 0 Å². The van der Waals surface area contributed by atoms with Gasteiger partial charge < -0.3 is 0 Å². The number of hydrogen-bond donors (Lipinski definition) is 0. The van der Waals surface area contributed by atoms with Crippen LogP contribution < -0.4 is 5.69 Å². The minimum atomic E-state index is 0.0839. The molecule has 1 aliphatic rings. The fourth-order valence-corrected chi connectivity index (χ4v) is 2.25. The van der Waals surface area contributed by atoms with E-state index in [-0.39, 0.29) is 5.69 Å². The zero-order valence-corrected chi connectivity index (χ0v) is 11.5. The minimum Gasteiger partial charge on any atom is -0.296 e. The summed E-state index contributed by atoms with van der Waals surface area (Å²) in [6.45, 7) is 4.85. The topological polar surface area (TPSA) is 44.8 Å². The third-order valence-corrected chi connectivity index (χ3v) is 3.85. The van der Waals surface area contributed by atoms with Gasteiger partial charge in [-0.25, -0.2) is 4.79 Å². The van der Waals surface area contributed by atoms with Gasteiger partial charge in [0.05, 0.1) is 12.2 Å². The van der Waals surface area contributed by atoms with E-state index in [1.807, 2.05) is 33.9 Å². The summed E-state index contributed by atoms with van der Waals surface area (Å²) in [6, 6.07) is 2.83. The second-order valence-corrected chi connectivity index (χ2v) is 5.39. The highest BCUT2D eigenvalue weighted by Gasteiger charge is 2.25. The van der Waals surface area contributed by atoms with Gasteiger partial charge in [0.15, 0.2) is 0 Å². The van der Waals surface area contributed by atoms with Crippen molar-refractivity contribution in [3.05, 3.63) is 40.8 Å². The molecule has 0 N–H and O–H groups in total. The van der Waals surface area contributed by atoms with Gasteiger partial charge in [-0.2, -0.15) is 5.10 Å². The first-order valence-corrected chi connectivity index (χ1v) is 7.00. The summed E-state index contributed by atoms with van der Waals surface area (Å²) in [4.78, 5) is 12.1. The monoisotopic (exact) mass is 260 g/mol. The van der Waals surface area contributed by atoms with E-state index in [4.69, 9.17) is 0 Å². The van der Waals surface area contributed by atoms with Crippen LogP contribution in [-0.4, -0.2) is 18.9 Å². The predicted molar refractivity (Wildman–Crippen MR) is 73.3 cm³/mol. The summed E-state index contributed by atoms with van der Waals surface area (Å²) in [5, 5.41) is 4.53. The second kappa shape index (κ2) is 4.72. The van der Waals surface area contributed by atoms with Gasteiger partial charge in [-0.05, 0) is 32.3 Å². The first kappa shape index (κ1) is 12.3. The third-order valence-electron chi connectivity index (χ3n) is 3.85. The molecule has 0 saturated heterocycles. The van der Waals surface area contributed by atoms with Crippen LogP contribution in [0, 0.1) is 0 Å². The van der Waals surface area contributed by atoms with Crippen molar-refractivity contribution in [3.8, 4) is 0 Å². The first-order chi connectivity index (χ1) is 9.19.